The lowest BCUT2D eigenvalue weighted by Gasteiger charge is -2.35. The van der Waals surface area contributed by atoms with E-state index in [0.717, 1.165) is 0 Å². The second-order valence-corrected chi connectivity index (χ2v) is 3.44. The van der Waals surface area contributed by atoms with Crippen LogP contribution in [-0.2, 0) is 9.47 Å². The van der Waals surface area contributed by atoms with E-state index in [-0.39, 0.29) is 12.7 Å². The van der Waals surface area contributed by atoms with E-state index in [1.807, 2.05) is 0 Å². The van der Waals surface area contributed by atoms with Crippen molar-refractivity contribution in [3.05, 3.63) is 0 Å². The highest BCUT2D eigenvalue weighted by atomic mass is 16.7. The molecule has 5 heteroatoms. The van der Waals surface area contributed by atoms with Crippen LogP contribution in [0.25, 0.3) is 0 Å². The van der Waals surface area contributed by atoms with Crippen molar-refractivity contribution in [2.75, 3.05) is 6.61 Å². The summed E-state index contributed by atoms with van der Waals surface area (Å²) in [6.07, 6.45) is -4.37. The van der Waals surface area contributed by atoms with E-state index in [9.17, 15) is 10.2 Å². The molecule has 1 aliphatic rings. The minimum atomic E-state index is -1.20. The first-order valence-electron chi connectivity index (χ1n) is 4.33. The molecule has 0 unspecified atom stereocenters. The van der Waals surface area contributed by atoms with Crippen molar-refractivity contribution in [3.8, 4) is 0 Å². The molecule has 0 aromatic carbocycles. The molecule has 0 amide bonds. The average Bonchev–Trinajstić information content (AvgIpc) is 2.06. The summed E-state index contributed by atoms with van der Waals surface area (Å²) in [5.74, 6) is 0. The van der Waals surface area contributed by atoms with E-state index >= 15 is 0 Å². The number of hydrogen-bond acceptors (Lipinski definition) is 5. The van der Waals surface area contributed by atoms with Crippen LogP contribution in [0, 0.1) is 0 Å². The maximum absolute atomic E-state index is 9.40. The van der Waals surface area contributed by atoms with Gasteiger partial charge in [-0.2, -0.15) is 0 Å². The van der Waals surface area contributed by atoms with Gasteiger partial charge in [-0.25, -0.2) is 0 Å². The molecule has 1 saturated heterocycles. The van der Waals surface area contributed by atoms with Gasteiger partial charge in [0.15, 0.2) is 6.29 Å². The Morgan fingerprint density at radius 1 is 1.23 bits per heavy atom. The van der Waals surface area contributed by atoms with Crippen LogP contribution in [0.2, 0.25) is 0 Å². The summed E-state index contributed by atoms with van der Waals surface area (Å²) in [6, 6.07) is 0. The van der Waals surface area contributed by atoms with Gasteiger partial charge >= 0.3 is 0 Å². The summed E-state index contributed by atoms with van der Waals surface area (Å²) in [4.78, 5) is 0. The predicted octanol–water partition coefficient (Wildman–Crippen LogP) is -1.15. The van der Waals surface area contributed by atoms with E-state index in [2.05, 4.69) is 0 Å². The van der Waals surface area contributed by atoms with Crippen molar-refractivity contribution >= 4 is 0 Å². The molecule has 4 atom stereocenters. The molecule has 1 rings (SSSR count). The Morgan fingerprint density at radius 2 is 1.85 bits per heavy atom. The van der Waals surface area contributed by atoms with Crippen LogP contribution in [0.1, 0.15) is 13.8 Å². The first-order valence-corrected chi connectivity index (χ1v) is 4.33. The Kier molecular flexibility index (Phi) is 3.63. The van der Waals surface area contributed by atoms with E-state index in [4.69, 9.17) is 14.6 Å². The third-order valence-electron chi connectivity index (χ3n) is 1.86. The summed E-state index contributed by atoms with van der Waals surface area (Å²) >= 11 is 0. The van der Waals surface area contributed by atoms with E-state index in [1.165, 1.54) is 0 Å². The molecule has 0 spiro atoms. The highest BCUT2D eigenvalue weighted by molar-refractivity contribution is 4.82. The van der Waals surface area contributed by atoms with Crippen LogP contribution >= 0.6 is 0 Å². The molecule has 3 N–H and O–H groups in total. The number of hydrogen-bond donors (Lipinski definition) is 3. The van der Waals surface area contributed by atoms with Crippen molar-refractivity contribution in [2.24, 2.45) is 0 Å². The fourth-order valence-electron chi connectivity index (χ4n) is 1.17. The molecular formula is C8H16O5. The second-order valence-electron chi connectivity index (χ2n) is 3.44. The summed E-state index contributed by atoms with van der Waals surface area (Å²) in [6.45, 7) is 3.58. The lowest BCUT2D eigenvalue weighted by molar-refractivity contribution is -0.278. The van der Waals surface area contributed by atoms with Gasteiger partial charge in [0.05, 0.1) is 12.7 Å². The molecule has 0 aromatic heterocycles. The molecule has 1 heterocycles. The van der Waals surface area contributed by atoms with Crippen molar-refractivity contribution in [3.63, 3.8) is 0 Å². The number of aliphatic hydroxyl groups is 3. The molecule has 0 bridgehead atoms. The van der Waals surface area contributed by atoms with Gasteiger partial charge in [-0.1, -0.05) is 0 Å². The molecule has 0 aliphatic carbocycles. The van der Waals surface area contributed by atoms with E-state index in [1.54, 1.807) is 13.8 Å². The smallest absolute Gasteiger partial charge is 0.186 e. The molecule has 13 heavy (non-hydrogen) atoms. The quantitative estimate of drug-likeness (QED) is 0.515. The minimum absolute atomic E-state index is 0.0182. The molecule has 0 aromatic rings. The van der Waals surface area contributed by atoms with Crippen molar-refractivity contribution in [2.45, 2.75) is 44.6 Å². The van der Waals surface area contributed by atoms with Gasteiger partial charge in [0.25, 0.3) is 0 Å². The monoisotopic (exact) mass is 192 g/mol. The Balaban J connectivity index is 2.48. The highest BCUT2D eigenvalue weighted by Gasteiger charge is 2.38. The Morgan fingerprint density at radius 3 is 2.38 bits per heavy atom. The average molecular weight is 192 g/mol. The zero-order chi connectivity index (χ0) is 10.0. The second kappa shape index (κ2) is 4.34. The van der Waals surface area contributed by atoms with Gasteiger partial charge < -0.3 is 24.8 Å². The first-order chi connectivity index (χ1) is 6.02. The predicted molar refractivity (Wildman–Crippen MR) is 44.0 cm³/mol. The van der Waals surface area contributed by atoms with Crippen LogP contribution in [0.4, 0.5) is 0 Å². The topological polar surface area (TPSA) is 79.2 Å². The van der Waals surface area contributed by atoms with Crippen LogP contribution < -0.4 is 0 Å². The first kappa shape index (κ1) is 10.9. The molecule has 78 valence electrons. The zero-order valence-corrected chi connectivity index (χ0v) is 7.75. The molecule has 1 aliphatic heterocycles. The van der Waals surface area contributed by atoms with E-state index in [0.29, 0.717) is 0 Å². The lowest BCUT2D eigenvalue weighted by atomic mass is 10.1. The SMILES string of the molecule is CC(C)O[C@@H]1OC[C@@H](O)[C@H](O)[C@@H]1O. The number of aliphatic hydroxyl groups excluding tert-OH is 3. The largest absolute Gasteiger partial charge is 0.388 e. The van der Waals surface area contributed by atoms with Crippen LogP contribution in [0.3, 0.4) is 0 Å². The van der Waals surface area contributed by atoms with Crippen LogP contribution in [0.5, 0.6) is 0 Å². The Labute approximate surface area is 76.9 Å². The van der Waals surface area contributed by atoms with Crippen LogP contribution in [0.15, 0.2) is 0 Å². The van der Waals surface area contributed by atoms with Gasteiger partial charge in [-0.05, 0) is 13.8 Å². The third-order valence-corrected chi connectivity index (χ3v) is 1.86. The number of rotatable bonds is 2. The minimum Gasteiger partial charge on any atom is -0.388 e. The third kappa shape index (κ3) is 2.62. The maximum Gasteiger partial charge on any atom is 0.186 e. The Hall–Kier alpha value is -0.200. The van der Waals surface area contributed by atoms with Gasteiger partial charge in [0, 0.05) is 0 Å². The summed E-state index contributed by atoms with van der Waals surface area (Å²) < 4.78 is 10.2. The zero-order valence-electron chi connectivity index (χ0n) is 7.75. The van der Waals surface area contributed by atoms with Crippen molar-refractivity contribution in [1.82, 2.24) is 0 Å². The van der Waals surface area contributed by atoms with Crippen molar-refractivity contribution < 1.29 is 24.8 Å². The summed E-state index contributed by atoms with van der Waals surface area (Å²) in [7, 11) is 0. The van der Waals surface area contributed by atoms with Crippen LogP contribution in [-0.4, -0.2) is 52.6 Å². The Bertz CT molecular complexity index is 161. The van der Waals surface area contributed by atoms with Crippen molar-refractivity contribution in [1.29, 1.82) is 0 Å². The molecule has 0 radical (unpaired) electrons. The standard InChI is InChI=1S/C8H16O5/c1-4(2)13-8-7(11)6(10)5(9)3-12-8/h4-11H,3H2,1-2H3/t5-,6+,7+,8+/m1/s1. The molecule has 0 saturated carbocycles. The van der Waals surface area contributed by atoms with Gasteiger partial charge in [0.1, 0.15) is 18.3 Å². The fourth-order valence-corrected chi connectivity index (χ4v) is 1.17. The van der Waals surface area contributed by atoms with Gasteiger partial charge in [-0.15, -0.1) is 0 Å². The maximum atomic E-state index is 9.40. The lowest BCUT2D eigenvalue weighted by Crippen LogP contribution is -2.54. The van der Waals surface area contributed by atoms with Gasteiger partial charge in [0.2, 0.25) is 0 Å². The fraction of sp³-hybridized carbons (Fsp3) is 1.00. The highest BCUT2D eigenvalue weighted by Crippen LogP contribution is 2.17. The molecule has 5 nitrogen and oxygen atoms in total. The summed E-state index contributed by atoms with van der Waals surface area (Å²) in [5.41, 5.74) is 0. The number of ether oxygens (including phenoxy) is 2. The molecule has 1 fully saturated rings. The van der Waals surface area contributed by atoms with E-state index < -0.39 is 24.6 Å². The summed E-state index contributed by atoms with van der Waals surface area (Å²) in [5, 5.41) is 27.8. The normalized spacial score (nSPS) is 41.1. The molecular weight excluding hydrogens is 176 g/mol. The van der Waals surface area contributed by atoms with Gasteiger partial charge in [-0.3, -0.25) is 0 Å².